The van der Waals surface area contributed by atoms with E-state index in [9.17, 15) is 0 Å². The van der Waals surface area contributed by atoms with Gasteiger partial charge in [0, 0.05) is 8.80 Å². The van der Waals surface area contributed by atoms with Crippen LogP contribution in [-0.2, 0) is 21.7 Å². The van der Waals surface area contributed by atoms with Crippen LogP contribution in [0.3, 0.4) is 0 Å². The normalized spacial score (nSPS) is 4.50. The number of halogens is 2. The van der Waals surface area contributed by atoms with E-state index in [1.165, 1.54) is 0 Å². The van der Waals surface area contributed by atoms with E-state index in [2.05, 4.69) is 19.6 Å². The summed E-state index contributed by atoms with van der Waals surface area (Å²) >= 11 is 0. The van der Waals surface area contributed by atoms with Crippen molar-refractivity contribution in [3.05, 3.63) is 6.15 Å². The average Bonchev–Trinajstić information content (AvgIpc) is 0.811. The Labute approximate surface area is 80.9 Å². The van der Waals surface area contributed by atoms with Crippen molar-refractivity contribution in [1.29, 1.82) is 0 Å². The van der Waals surface area contributed by atoms with Crippen molar-refractivity contribution < 1.29 is 46.5 Å². The molecule has 5 heteroatoms. The molecule has 0 aliphatic rings. The topological polar surface area (TPSA) is 33.5 Å². The van der Waals surface area contributed by atoms with Gasteiger partial charge in [-0.25, -0.2) is 0 Å². The summed E-state index contributed by atoms with van der Waals surface area (Å²) < 4.78 is 0. The number of hydrogen-bond donors (Lipinski definition) is 0. The van der Waals surface area contributed by atoms with E-state index < -0.39 is 0 Å². The van der Waals surface area contributed by atoms with Gasteiger partial charge in [0.15, 0.2) is 0 Å². The van der Waals surface area contributed by atoms with Gasteiger partial charge < -0.3 is 31.0 Å². The number of rotatable bonds is 0. The first-order valence-electron chi connectivity index (χ1n) is 1.50. The minimum atomic E-state index is 0. The second-order valence-electron chi connectivity index (χ2n) is 1.50. The average molecular weight is 208 g/mol. The van der Waals surface area contributed by atoms with Gasteiger partial charge in [0.2, 0.25) is 0 Å². The van der Waals surface area contributed by atoms with Crippen molar-refractivity contribution in [1.82, 2.24) is 0 Å². The van der Waals surface area contributed by atoms with Crippen LogP contribution in [0.15, 0.2) is 0 Å². The monoisotopic (exact) mass is 207 g/mol. The van der Waals surface area contributed by atoms with Gasteiger partial charge in [0.25, 0.3) is 0 Å². The summed E-state index contributed by atoms with van der Waals surface area (Å²) in [4.78, 5) is 0. The first kappa shape index (κ1) is 34.0. The van der Waals surface area contributed by atoms with Gasteiger partial charge >= 0.3 is 21.7 Å². The van der Waals surface area contributed by atoms with Gasteiger partial charge in [0.05, 0.1) is 0 Å². The molecule has 0 unspecified atom stereocenters. The molecule has 0 saturated heterocycles. The van der Waals surface area contributed by atoms with Crippen LogP contribution in [0.5, 0.6) is 0 Å². The van der Waals surface area contributed by atoms with Crippen molar-refractivity contribution >= 4 is 8.80 Å². The maximum absolute atomic E-state index is 2.27. The summed E-state index contributed by atoms with van der Waals surface area (Å²) in [5.74, 6) is 0. The molecule has 8 heavy (non-hydrogen) atoms. The second-order valence-corrected chi connectivity index (χ2v) is 4.50. The second kappa shape index (κ2) is 23.7. The molecule has 0 aromatic rings. The zero-order chi connectivity index (χ0) is 3.58. The molecule has 1 nitrogen and oxygen atoms in total. The maximum atomic E-state index is 2.27. The van der Waals surface area contributed by atoms with Crippen LogP contribution < -0.4 is 24.8 Å². The van der Waals surface area contributed by atoms with Gasteiger partial charge in [-0.2, -0.15) is 0 Å². The zero-order valence-electron chi connectivity index (χ0n) is 5.33. The van der Waals surface area contributed by atoms with E-state index in [1.54, 1.807) is 0 Å². The quantitative estimate of drug-likeness (QED) is 0.364. The summed E-state index contributed by atoms with van der Waals surface area (Å²) in [7, 11) is 0.120. The Hall–Kier alpha value is 1.47. The Morgan fingerprint density at radius 3 is 0.875 bits per heavy atom. The summed E-state index contributed by atoms with van der Waals surface area (Å²) in [6, 6.07) is 0. The van der Waals surface area contributed by atoms with Gasteiger partial charge in [0.1, 0.15) is 0 Å². The predicted octanol–water partition coefficient (Wildman–Crippen LogP) is -3.91. The minimum absolute atomic E-state index is 0. The van der Waals surface area contributed by atoms with E-state index in [-0.39, 0.29) is 61.5 Å². The molecule has 2 radical (unpaired) electrons. The minimum Gasteiger partial charge on any atom is -1.00 e. The van der Waals surface area contributed by atoms with Crippen LogP contribution in [0.1, 0.15) is 0 Å². The summed E-state index contributed by atoms with van der Waals surface area (Å²) in [5.41, 5.74) is 0. The molecule has 0 aliphatic carbocycles. The fraction of sp³-hybridized carbons (Fsp3) is 1.00. The van der Waals surface area contributed by atoms with Crippen LogP contribution in [0.2, 0.25) is 19.6 Å². The molecule has 0 aromatic carbocycles. The third kappa shape index (κ3) is 145. The molecule has 0 heterocycles. The Balaban J connectivity index is -0.00000000750. The molecular formula is C3H11Cl2NSiTi. The molecule has 2 N–H and O–H groups in total. The molecule has 0 spiro atoms. The van der Waals surface area contributed by atoms with E-state index in [1.807, 2.05) is 0 Å². The number of hydrogen-bond acceptors (Lipinski definition) is 0. The van der Waals surface area contributed by atoms with Crippen molar-refractivity contribution in [2.75, 3.05) is 0 Å². The van der Waals surface area contributed by atoms with Crippen LogP contribution in [0, 0.1) is 0 Å². The van der Waals surface area contributed by atoms with Gasteiger partial charge in [-0.15, -0.1) is 0 Å². The first-order valence-corrected chi connectivity index (χ1v) is 4.50. The molecule has 0 amide bonds. The first-order chi connectivity index (χ1) is 1.73. The maximum Gasteiger partial charge on any atom is 3.00 e. The standard InChI is InChI=1S/C3H9Si.2ClH.H2N.Ti/c1-4(2)3;;;;/h1-3H3;2*1H;1H2;/q;;;-1;+3/p-2. The molecule has 0 atom stereocenters. The number of nitrogens with two attached hydrogens (primary N) is 1. The van der Waals surface area contributed by atoms with E-state index in [4.69, 9.17) is 0 Å². The Morgan fingerprint density at radius 2 is 0.875 bits per heavy atom. The van der Waals surface area contributed by atoms with Crippen molar-refractivity contribution in [3.63, 3.8) is 0 Å². The Morgan fingerprint density at radius 1 is 0.875 bits per heavy atom. The third-order valence-electron chi connectivity index (χ3n) is 0. The molecule has 50 valence electrons. The molecule has 0 aromatic heterocycles. The SMILES string of the molecule is C[Si](C)C.[Cl-].[Cl-].[NH2-].[Ti+3]. The molecular weight excluding hydrogens is 197 g/mol. The van der Waals surface area contributed by atoms with Crippen LogP contribution in [0.4, 0.5) is 0 Å². The van der Waals surface area contributed by atoms with Crippen molar-refractivity contribution in [2.24, 2.45) is 0 Å². The van der Waals surface area contributed by atoms with Gasteiger partial charge in [-0.3, -0.25) is 0 Å². The Kier molecular flexibility index (Phi) is 101. The fourth-order valence-electron chi connectivity index (χ4n) is 0. The van der Waals surface area contributed by atoms with Crippen LogP contribution in [0.25, 0.3) is 6.15 Å². The van der Waals surface area contributed by atoms with Crippen molar-refractivity contribution in [3.8, 4) is 0 Å². The Bertz CT molecular complexity index is 22.0. The van der Waals surface area contributed by atoms with Gasteiger partial charge in [-0.05, 0) is 0 Å². The molecule has 0 rings (SSSR count). The molecule has 0 fully saturated rings. The largest absolute Gasteiger partial charge is 3.00 e. The zero-order valence-corrected chi connectivity index (χ0v) is 9.41. The summed E-state index contributed by atoms with van der Waals surface area (Å²) in [6.07, 6.45) is 0. The summed E-state index contributed by atoms with van der Waals surface area (Å²) in [6.45, 7) is 6.81. The van der Waals surface area contributed by atoms with Gasteiger partial charge in [-0.1, -0.05) is 19.6 Å². The van der Waals surface area contributed by atoms with E-state index in [0.717, 1.165) is 0 Å². The van der Waals surface area contributed by atoms with Crippen LogP contribution >= 0.6 is 0 Å². The molecule has 0 bridgehead atoms. The fourth-order valence-corrected chi connectivity index (χ4v) is 0. The third-order valence-corrected chi connectivity index (χ3v) is 0. The molecule has 0 aliphatic heterocycles. The molecule has 0 saturated carbocycles. The smallest absolute Gasteiger partial charge is 1.00 e. The van der Waals surface area contributed by atoms with E-state index in [0.29, 0.717) is 0 Å². The summed E-state index contributed by atoms with van der Waals surface area (Å²) in [5, 5.41) is 0. The van der Waals surface area contributed by atoms with Crippen molar-refractivity contribution in [2.45, 2.75) is 19.6 Å². The van der Waals surface area contributed by atoms with E-state index >= 15 is 0 Å². The predicted molar refractivity (Wildman–Crippen MR) is 28.6 cm³/mol. The van der Waals surface area contributed by atoms with Crippen LogP contribution in [-0.4, -0.2) is 8.80 Å².